The molecule has 0 aliphatic carbocycles. The lowest BCUT2D eigenvalue weighted by atomic mass is 10.3. The molecule has 0 rings (SSSR count). The van der Waals surface area contributed by atoms with Gasteiger partial charge in [0.05, 0.1) is 12.7 Å². The molecule has 0 fully saturated rings. The third-order valence-corrected chi connectivity index (χ3v) is 1.96. The second-order valence-corrected chi connectivity index (χ2v) is 3.40. The second-order valence-electron chi connectivity index (χ2n) is 3.40. The van der Waals surface area contributed by atoms with Gasteiger partial charge in [0.2, 0.25) is 0 Å². The van der Waals surface area contributed by atoms with Gasteiger partial charge in [0.15, 0.2) is 0 Å². The Morgan fingerprint density at radius 2 is 2.00 bits per heavy atom. The van der Waals surface area contributed by atoms with Crippen LogP contribution >= 0.6 is 0 Å². The van der Waals surface area contributed by atoms with Gasteiger partial charge in [0, 0.05) is 13.2 Å². The lowest BCUT2D eigenvalue weighted by Gasteiger charge is -2.12. The Labute approximate surface area is 88.2 Å². The Morgan fingerprint density at radius 3 is 2.64 bits per heavy atom. The van der Waals surface area contributed by atoms with Crippen molar-refractivity contribution in [2.24, 2.45) is 0 Å². The zero-order valence-electron chi connectivity index (χ0n) is 9.84. The van der Waals surface area contributed by atoms with Crippen molar-refractivity contribution in [1.82, 2.24) is 5.32 Å². The number of rotatable bonds is 10. The molecule has 0 bridgehead atoms. The van der Waals surface area contributed by atoms with E-state index >= 15 is 0 Å². The Hall–Kier alpha value is -0.120. The fourth-order valence-electron chi connectivity index (χ4n) is 1.15. The van der Waals surface area contributed by atoms with Crippen molar-refractivity contribution in [3.8, 4) is 0 Å². The Kier molecular flexibility index (Phi) is 10.9. The summed E-state index contributed by atoms with van der Waals surface area (Å²) in [5, 5.41) is 3.29. The molecular weight excluding hydrogens is 178 g/mol. The first kappa shape index (κ1) is 13.9. The van der Waals surface area contributed by atoms with Crippen LogP contribution in [0, 0.1) is 0 Å². The van der Waals surface area contributed by atoms with Crippen molar-refractivity contribution in [1.29, 1.82) is 0 Å². The van der Waals surface area contributed by atoms with Crippen molar-refractivity contribution >= 4 is 0 Å². The molecule has 0 aromatic rings. The molecule has 1 unspecified atom stereocenters. The topological polar surface area (TPSA) is 30.5 Å². The van der Waals surface area contributed by atoms with Gasteiger partial charge in [-0.05, 0) is 39.8 Å². The molecular formula is C11H25NO2. The molecule has 14 heavy (non-hydrogen) atoms. The molecule has 1 atom stereocenters. The molecule has 0 amide bonds. The maximum Gasteiger partial charge on any atom is 0.0780 e. The zero-order valence-corrected chi connectivity index (χ0v) is 9.84. The summed E-state index contributed by atoms with van der Waals surface area (Å²) in [6.45, 7) is 10.7. The van der Waals surface area contributed by atoms with Crippen molar-refractivity contribution in [3.63, 3.8) is 0 Å². The second kappa shape index (κ2) is 11.0. The highest BCUT2D eigenvalue weighted by atomic mass is 16.5. The Morgan fingerprint density at radius 1 is 1.21 bits per heavy atom. The molecule has 0 aromatic carbocycles. The van der Waals surface area contributed by atoms with Crippen molar-refractivity contribution in [2.45, 2.75) is 39.7 Å². The molecule has 0 heterocycles. The predicted octanol–water partition coefficient (Wildman–Crippen LogP) is 1.82. The fourth-order valence-corrected chi connectivity index (χ4v) is 1.15. The summed E-state index contributed by atoms with van der Waals surface area (Å²) in [5.74, 6) is 0. The van der Waals surface area contributed by atoms with E-state index in [2.05, 4.69) is 19.2 Å². The third-order valence-electron chi connectivity index (χ3n) is 1.96. The van der Waals surface area contributed by atoms with Crippen LogP contribution in [0.2, 0.25) is 0 Å². The maximum absolute atomic E-state index is 5.57. The molecule has 3 nitrogen and oxygen atoms in total. The van der Waals surface area contributed by atoms with E-state index in [1.54, 1.807) is 0 Å². The monoisotopic (exact) mass is 203 g/mol. The number of unbranched alkanes of at least 4 members (excludes halogenated alkanes) is 1. The lowest BCUT2D eigenvalue weighted by molar-refractivity contribution is -0.00441. The van der Waals surface area contributed by atoms with Crippen molar-refractivity contribution in [3.05, 3.63) is 0 Å². The first-order valence-corrected chi connectivity index (χ1v) is 5.71. The van der Waals surface area contributed by atoms with E-state index in [-0.39, 0.29) is 6.10 Å². The summed E-state index contributed by atoms with van der Waals surface area (Å²) in [6, 6.07) is 0. The van der Waals surface area contributed by atoms with Gasteiger partial charge in [0.25, 0.3) is 0 Å². The van der Waals surface area contributed by atoms with Gasteiger partial charge in [-0.3, -0.25) is 0 Å². The highest BCUT2D eigenvalue weighted by Gasteiger charge is 2.00. The summed E-state index contributed by atoms with van der Waals surface area (Å²) in [6.07, 6.45) is 2.55. The van der Waals surface area contributed by atoms with Crippen LogP contribution in [-0.2, 0) is 9.47 Å². The van der Waals surface area contributed by atoms with E-state index in [9.17, 15) is 0 Å². The van der Waals surface area contributed by atoms with Gasteiger partial charge >= 0.3 is 0 Å². The minimum Gasteiger partial charge on any atom is -0.379 e. The average molecular weight is 203 g/mol. The molecule has 0 saturated carbocycles. The minimum absolute atomic E-state index is 0.231. The lowest BCUT2D eigenvalue weighted by Crippen LogP contribution is -2.18. The summed E-state index contributed by atoms with van der Waals surface area (Å²) >= 11 is 0. The average Bonchev–Trinajstić information content (AvgIpc) is 2.20. The quantitative estimate of drug-likeness (QED) is 0.549. The van der Waals surface area contributed by atoms with Crippen LogP contribution in [0.1, 0.15) is 33.6 Å². The van der Waals surface area contributed by atoms with E-state index in [1.165, 1.54) is 6.42 Å². The van der Waals surface area contributed by atoms with E-state index in [1.807, 2.05) is 6.92 Å². The molecule has 0 spiro atoms. The summed E-state index contributed by atoms with van der Waals surface area (Å²) in [5.41, 5.74) is 0. The molecule has 0 saturated heterocycles. The molecule has 0 aliphatic rings. The van der Waals surface area contributed by atoms with Crippen LogP contribution < -0.4 is 5.32 Å². The number of hydrogen-bond acceptors (Lipinski definition) is 3. The fraction of sp³-hybridized carbons (Fsp3) is 1.00. The summed E-state index contributed by atoms with van der Waals surface area (Å²) < 4.78 is 10.8. The van der Waals surface area contributed by atoms with Gasteiger partial charge in [-0.1, -0.05) is 6.92 Å². The van der Waals surface area contributed by atoms with Crippen LogP contribution in [0.4, 0.5) is 0 Å². The van der Waals surface area contributed by atoms with Crippen molar-refractivity contribution in [2.75, 3.05) is 32.9 Å². The van der Waals surface area contributed by atoms with Crippen LogP contribution in [0.15, 0.2) is 0 Å². The van der Waals surface area contributed by atoms with Crippen LogP contribution in [0.3, 0.4) is 0 Å². The third kappa shape index (κ3) is 9.96. The predicted molar refractivity (Wildman–Crippen MR) is 59.7 cm³/mol. The van der Waals surface area contributed by atoms with Gasteiger partial charge < -0.3 is 14.8 Å². The number of hydrogen-bond donors (Lipinski definition) is 1. The highest BCUT2D eigenvalue weighted by Crippen LogP contribution is 1.95. The van der Waals surface area contributed by atoms with Crippen LogP contribution in [0.5, 0.6) is 0 Å². The van der Waals surface area contributed by atoms with E-state index in [4.69, 9.17) is 9.47 Å². The molecule has 3 heteroatoms. The number of nitrogens with one attached hydrogen (secondary N) is 1. The normalized spacial score (nSPS) is 13.1. The maximum atomic E-state index is 5.57. The summed E-state index contributed by atoms with van der Waals surface area (Å²) in [7, 11) is 0. The first-order valence-electron chi connectivity index (χ1n) is 5.71. The van der Waals surface area contributed by atoms with Crippen LogP contribution in [0.25, 0.3) is 0 Å². The molecule has 0 aliphatic heterocycles. The SMILES string of the molecule is CCNCCCCOC(C)COCC. The molecule has 1 N–H and O–H groups in total. The van der Waals surface area contributed by atoms with Gasteiger partial charge in [-0.2, -0.15) is 0 Å². The molecule has 0 aromatic heterocycles. The minimum atomic E-state index is 0.231. The van der Waals surface area contributed by atoms with E-state index < -0.39 is 0 Å². The van der Waals surface area contributed by atoms with Gasteiger partial charge in [0.1, 0.15) is 0 Å². The Balaban J connectivity index is 3.02. The summed E-state index contributed by atoms with van der Waals surface area (Å²) in [4.78, 5) is 0. The van der Waals surface area contributed by atoms with Crippen molar-refractivity contribution < 1.29 is 9.47 Å². The Bertz CT molecular complexity index is 109. The van der Waals surface area contributed by atoms with Gasteiger partial charge in [-0.25, -0.2) is 0 Å². The van der Waals surface area contributed by atoms with E-state index in [0.717, 1.165) is 32.7 Å². The highest BCUT2D eigenvalue weighted by molar-refractivity contribution is 4.49. The van der Waals surface area contributed by atoms with Crippen LogP contribution in [-0.4, -0.2) is 39.0 Å². The standard InChI is InChI=1S/C11H25NO2/c1-4-12-8-6-7-9-14-11(3)10-13-5-2/h11-12H,4-10H2,1-3H3. The molecule has 0 radical (unpaired) electrons. The van der Waals surface area contributed by atoms with E-state index in [0.29, 0.717) is 6.61 Å². The first-order chi connectivity index (χ1) is 6.81. The largest absolute Gasteiger partial charge is 0.379 e. The zero-order chi connectivity index (χ0) is 10.6. The van der Waals surface area contributed by atoms with Gasteiger partial charge in [-0.15, -0.1) is 0 Å². The number of ether oxygens (including phenoxy) is 2. The molecule has 86 valence electrons. The smallest absolute Gasteiger partial charge is 0.0780 e.